The highest BCUT2D eigenvalue weighted by Crippen LogP contribution is 2.31. The van der Waals surface area contributed by atoms with Crippen molar-refractivity contribution in [2.24, 2.45) is 0 Å². The molecule has 0 spiro atoms. The van der Waals surface area contributed by atoms with Gasteiger partial charge < -0.3 is 4.52 Å². The van der Waals surface area contributed by atoms with Gasteiger partial charge in [-0.1, -0.05) is 41.6 Å². The molecular formula is C17H13N3O. The molecule has 4 rings (SSSR count). The summed E-state index contributed by atoms with van der Waals surface area (Å²) in [5, 5.41) is 13.8. The van der Waals surface area contributed by atoms with E-state index in [1.807, 2.05) is 43.3 Å². The van der Waals surface area contributed by atoms with Gasteiger partial charge in [0.05, 0.1) is 10.9 Å². The summed E-state index contributed by atoms with van der Waals surface area (Å²) in [6, 6.07) is 14.0. The van der Waals surface area contributed by atoms with E-state index in [0.29, 0.717) is 11.1 Å². The molecule has 0 aliphatic rings. The van der Waals surface area contributed by atoms with E-state index in [1.54, 1.807) is 0 Å². The molecule has 0 aliphatic carbocycles. The molecule has 0 radical (unpaired) electrons. The standard InChI is InChI=1S/C17H13N3O/c1-10-8-11(2)14-13(9-10)18-19-16-15(20-21-17(14)16)12-6-4-3-5-7-12/h3-9H,1-2H3. The quantitative estimate of drug-likeness (QED) is 0.525. The molecule has 0 N–H and O–H groups in total. The molecule has 0 saturated heterocycles. The predicted molar refractivity (Wildman–Crippen MR) is 82.0 cm³/mol. The van der Waals surface area contributed by atoms with Crippen LogP contribution in [0, 0.1) is 13.8 Å². The minimum atomic E-state index is 0.705. The highest BCUT2D eigenvalue weighted by atomic mass is 16.5. The first-order valence-corrected chi connectivity index (χ1v) is 6.82. The van der Waals surface area contributed by atoms with Gasteiger partial charge in [-0.2, -0.15) is 0 Å². The van der Waals surface area contributed by atoms with Crippen LogP contribution in [0.3, 0.4) is 0 Å². The first-order chi connectivity index (χ1) is 10.2. The van der Waals surface area contributed by atoms with Crippen LogP contribution < -0.4 is 0 Å². The van der Waals surface area contributed by atoms with Crippen molar-refractivity contribution in [3.8, 4) is 11.3 Å². The topological polar surface area (TPSA) is 51.8 Å². The Bertz CT molecular complexity index is 958. The van der Waals surface area contributed by atoms with Crippen LogP contribution in [0.4, 0.5) is 0 Å². The molecule has 0 fully saturated rings. The summed E-state index contributed by atoms with van der Waals surface area (Å²) in [5.74, 6) is 0. The lowest BCUT2D eigenvalue weighted by Crippen LogP contribution is -1.90. The zero-order chi connectivity index (χ0) is 14.4. The van der Waals surface area contributed by atoms with Gasteiger partial charge in [-0.3, -0.25) is 0 Å². The fraction of sp³-hybridized carbons (Fsp3) is 0.118. The molecule has 0 unspecified atom stereocenters. The number of fused-ring (bicyclic) bond motifs is 3. The van der Waals surface area contributed by atoms with Crippen LogP contribution in [-0.2, 0) is 0 Å². The minimum absolute atomic E-state index is 0.705. The molecule has 0 atom stereocenters. The molecule has 102 valence electrons. The number of aryl methyl sites for hydroxylation is 2. The zero-order valence-corrected chi connectivity index (χ0v) is 11.8. The molecule has 2 heterocycles. The summed E-state index contributed by atoms with van der Waals surface area (Å²) in [7, 11) is 0. The van der Waals surface area contributed by atoms with E-state index in [-0.39, 0.29) is 0 Å². The fourth-order valence-electron chi connectivity index (χ4n) is 2.75. The van der Waals surface area contributed by atoms with Gasteiger partial charge in [0.2, 0.25) is 0 Å². The van der Waals surface area contributed by atoms with Crippen molar-refractivity contribution in [2.45, 2.75) is 13.8 Å². The molecule has 4 heteroatoms. The molecule has 0 amide bonds. The summed E-state index contributed by atoms with van der Waals surface area (Å²) in [5.41, 5.74) is 6.26. The summed E-state index contributed by atoms with van der Waals surface area (Å²) >= 11 is 0. The molecular weight excluding hydrogens is 262 g/mol. The molecule has 0 aliphatic heterocycles. The van der Waals surface area contributed by atoms with Gasteiger partial charge in [-0.25, -0.2) is 0 Å². The van der Waals surface area contributed by atoms with E-state index >= 15 is 0 Å². The maximum Gasteiger partial charge on any atom is 0.197 e. The van der Waals surface area contributed by atoms with E-state index in [9.17, 15) is 0 Å². The molecule has 2 aromatic carbocycles. The van der Waals surface area contributed by atoms with Gasteiger partial charge in [-0.15, -0.1) is 10.2 Å². The monoisotopic (exact) mass is 275 g/mol. The lowest BCUT2D eigenvalue weighted by Gasteiger charge is -2.02. The lowest BCUT2D eigenvalue weighted by molar-refractivity contribution is 0.461. The first kappa shape index (κ1) is 12.0. The van der Waals surface area contributed by atoms with Crippen molar-refractivity contribution in [2.75, 3.05) is 0 Å². The maximum atomic E-state index is 5.58. The van der Waals surface area contributed by atoms with Gasteiger partial charge in [0.1, 0.15) is 5.69 Å². The molecule has 21 heavy (non-hydrogen) atoms. The van der Waals surface area contributed by atoms with Crippen LogP contribution >= 0.6 is 0 Å². The smallest absolute Gasteiger partial charge is 0.197 e. The number of aromatic nitrogens is 3. The highest BCUT2D eigenvalue weighted by Gasteiger charge is 2.16. The van der Waals surface area contributed by atoms with E-state index < -0.39 is 0 Å². The highest BCUT2D eigenvalue weighted by molar-refractivity contribution is 6.05. The van der Waals surface area contributed by atoms with Crippen LogP contribution in [0.15, 0.2) is 47.0 Å². The molecule has 0 saturated carbocycles. The van der Waals surface area contributed by atoms with Gasteiger partial charge >= 0.3 is 0 Å². The number of benzene rings is 2. The van der Waals surface area contributed by atoms with Crippen LogP contribution in [0.5, 0.6) is 0 Å². The second-order valence-corrected chi connectivity index (χ2v) is 5.25. The Morgan fingerprint density at radius 3 is 2.57 bits per heavy atom. The molecule has 4 aromatic rings. The Morgan fingerprint density at radius 2 is 1.76 bits per heavy atom. The molecule has 2 aromatic heterocycles. The third kappa shape index (κ3) is 1.80. The van der Waals surface area contributed by atoms with Gasteiger partial charge in [-0.05, 0) is 31.0 Å². The predicted octanol–water partition coefficient (Wildman–Crippen LogP) is 4.05. The molecule has 4 nitrogen and oxygen atoms in total. The van der Waals surface area contributed by atoms with Crippen LogP contribution in [0.2, 0.25) is 0 Å². The van der Waals surface area contributed by atoms with Crippen molar-refractivity contribution in [1.82, 2.24) is 15.4 Å². The second kappa shape index (κ2) is 4.38. The minimum Gasteiger partial charge on any atom is -0.353 e. The maximum absolute atomic E-state index is 5.58. The largest absolute Gasteiger partial charge is 0.353 e. The van der Waals surface area contributed by atoms with E-state index in [0.717, 1.165) is 33.3 Å². The fourth-order valence-corrected chi connectivity index (χ4v) is 2.75. The Balaban J connectivity index is 2.09. The average molecular weight is 275 g/mol. The number of rotatable bonds is 1. The molecule has 0 bridgehead atoms. The average Bonchev–Trinajstić information content (AvgIpc) is 2.91. The lowest BCUT2D eigenvalue weighted by atomic mass is 10.0. The third-order valence-corrected chi connectivity index (χ3v) is 3.66. The van der Waals surface area contributed by atoms with Crippen molar-refractivity contribution in [3.05, 3.63) is 53.6 Å². The first-order valence-electron chi connectivity index (χ1n) is 6.82. The van der Waals surface area contributed by atoms with Gasteiger partial charge in [0.25, 0.3) is 0 Å². The second-order valence-electron chi connectivity index (χ2n) is 5.25. The van der Waals surface area contributed by atoms with E-state index in [1.165, 1.54) is 0 Å². The number of hydrogen-bond donors (Lipinski definition) is 0. The van der Waals surface area contributed by atoms with Crippen molar-refractivity contribution in [1.29, 1.82) is 0 Å². The van der Waals surface area contributed by atoms with Crippen LogP contribution in [0.25, 0.3) is 33.3 Å². The summed E-state index contributed by atoms with van der Waals surface area (Å²) in [6.07, 6.45) is 0. The van der Waals surface area contributed by atoms with Crippen LogP contribution in [0.1, 0.15) is 11.1 Å². The normalized spacial score (nSPS) is 11.3. The van der Waals surface area contributed by atoms with Gasteiger partial charge in [0, 0.05) is 5.56 Å². The summed E-state index contributed by atoms with van der Waals surface area (Å²) < 4.78 is 5.58. The van der Waals surface area contributed by atoms with Crippen molar-refractivity contribution >= 4 is 22.0 Å². The Morgan fingerprint density at radius 1 is 0.952 bits per heavy atom. The Labute approximate surface area is 121 Å². The van der Waals surface area contributed by atoms with E-state index in [2.05, 4.69) is 28.3 Å². The van der Waals surface area contributed by atoms with E-state index in [4.69, 9.17) is 4.52 Å². The zero-order valence-electron chi connectivity index (χ0n) is 11.8. The Kier molecular flexibility index (Phi) is 2.51. The van der Waals surface area contributed by atoms with Crippen LogP contribution in [-0.4, -0.2) is 15.4 Å². The summed E-state index contributed by atoms with van der Waals surface area (Å²) in [6.45, 7) is 4.11. The van der Waals surface area contributed by atoms with Crippen molar-refractivity contribution in [3.63, 3.8) is 0 Å². The number of nitrogens with zero attached hydrogens (tertiary/aromatic N) is 3. The third-order valence-electron chi connectivity index (χ3n) is 3.66. The SMILES string of the molecule is Cc1cc(C)c2c(c1)nnc1c(-c3ccccc3)noc12. The Hall–Kier alpha value is -2.75. The van der Waals surface area contributed by atoms with Crippen molar-refractivity contribution < 1.29 is 4.52 Å². The summed E-state index contributed by atoms with van der Waals surface area (Å²) in [4.78, 5) is 0. The van der Waals surface area contributed by atoms with Gasteiger partial charge in [0.15, 0.2) is 11.1 Å². The number of hydrogen-bond acceptors (Lipinski definition) is 4.